The number of nitriles is 1. The van der Waals surface area contributed by atoms with Gasteiger partial charge in [-0.2, -0.15) is 10.4 Å². The maximum absolute atomic E-state index is 12.2. The largest absolute Gasteiger partial charge is 0.326 e. The average molecular weight is 333 g/mol. The molecule has 0 aliphatic heterocycles. The molecule has 6 heteroatoms. The summed E-state index contributed by atoms with van der Waals surface area (Å²) in [6, 6.07) is 10.8. The standard InChI is InChI=1S/C19H19N5O/c1-12-10-18-21-13(2)17(14(3)24(18)23-12)8-9-19(25)22-16-6-4-15(11-20)5-7-16/h4-7,10H,8-9H2,1-3H3,(H,22,25). The normalized spacial score (nSPS) is 10.6. The molecule has 3 aromatic rings. The van der Waals surface area contributed by atoms with Crippen molar-refractivity contribution in [2.75, 3.05) is 5.32 Å². The third-order valence-corrected chi connectivity index (χ3v) is 4.19. The number of carbonyl (C=O) groups is 1. The van der Waals surface area contributed by atoms with Gasteiger partial charge in [0, 0.05) is 29.6 Å². The van der Waals surface area contributed by atoms with E-state index in [1.54, 1.807) is 24.3 Å². The number of anilines is 1. The zero-order valence-corrected chi connectivity index (χ0v) is 14.5. The summed E-state index contributed by atoms with van der Waals surface area (Å²) in [4.78, 5) is 16.8. The lowest BCUT2D eigenvalue weighted by Gasteiger charge is -2.11. The Hall–Kier alpha value is -3.20. The van der Waals surface area contributed by atoms with Crippen molar-refractivity contribution in [2.45, 2.75) is 33.6 Å². The Labute approximate surface area is 146 Å². The lowest BCUT2D eigenvalue weighted by molar-refractivity contribution is -0.116. The molecule has 1 N–H and O–H groups in total. The molecule has 126 valence electrons. The van der Waals surface area contributed by atoms with Crippen LogP contribution >= 0.6 is 0 Å². The number of aromatic nitrogens is 3. The molecule has 0 unspecified atom stereocenters. The van der Waals surface area contributed by atoms with Crippen LogP contribution in [0.25, 0.3) is 5.65 Å². The quantitative estimate of drug-likeness (QED) is 0.795. The smallest absolute Gasteiger partial charge is 0.224 e. The molecule has 0 spiro atoms. The van der Waals surface area contributed by atoms with Crippen molar-refractivity contribution in [3.05, 3.63) is 58.5 Å². The third kappa shape index (κ3) is 3.50. The van der Waals surface area contributed by atoms with Gasteiger partial charge in [0.15, 0.2) is 5.65 Å². The Morgan fingerprint density at radius 2 is 1.96 bits per heavy atom. The van der Waals surface area contributed by atoms with Crippen LogP contribution < -0.4 is 5.32 Å². The first kappa shape index (κ1) is 16.7. The first-order chi connectivity index (χ1) is 12.0. The topological polar surface area (TPSA) is 83.1 Å². The number of amides is 1. The van der Waals surface area contributed by atoms with Crippen molar-refractivity contribution in [2.24, 2.45) is 0 Å². The van der Waals surface area contributed by atoms with Gasteiger partial charge in [-0.05, 0) is 57.0 Å². The molecule has 0 bridgehead atoms. The molecule has 1 aromatic carbocycles. The van der Waals surface area contributed by atoms with Crippen molar-refractivity contribution in [3.8, 4) is 6.07 Å². The van der Waals surface area contributed by atoms with Crippen molar-refractivity contribution >= 4 is 17.2 Å². The van der Waals surface area contributed by atoms with Gasteiger partial charge in [-0.1, -0.05) is 0 Å². The molecule has 0 atom stereocenters. The van der Waals surface area contributed by atoms with Crippen LogP contribution in [0.3, 0.4) is 0 Å². The number of nitrogens with zero attached hydrogens (tertiary/aromatic N) is 4. The van der Waals surface area contributed by atoms with Crippen LogP contribution in [-0.2, 0) is 11.2 Å². The van der Waals surface area contributed by atoms with Crippen LogP contribution in [0.15, 0.2) is 30.3 Å². The summed E-state index contributed by atoms with van der Waals surface area (Å²) in [7, 11) is 0. The molecular formula is C19H19N5O. The van der Waals surface area contributed by atoms with Crippen LogP contribution in [-0.4, -0.2) is 20.5 Å². The number of aryl methyl sites for hydroxylation is 3. The fraction of sp³-hybridized carbons (Fsp3) is 0.263. The second-order valence-electron chi connectivity index (χ2n) is 6.05. The molecule has 0 radical (unpaired) electrons. The molecule has 3 rings (SSSR count). The molecule has 6 nitrogen and oxygen atoms in total. The summed E-state index contributed by atoms with van der Waals surface area (Å²) >= 11 is 0. The third-order valence-electron chi connectivity index (χ3n) is 4.19. The van der Waals surface area contributed by atoms with E-state index in [9.17, 15) is 4.79 Å². The minimum atomic E-state index is -0.0692. The number of fused-ring (bicyclic) bond motifs is 1. The van der Waals surface area contributed by atoms with Gasteiger partial charge in [-0.25, -0.2) is 9.50 Å². The van der Waals surface area contributed by atoms with Crippen molar-refractivity contribution in [1.82, 2.24) is 14.6 Å². The van der Waals surface area contributed by atoms with E-state index >= 15 is 0 Å². The molecule has 0 saturated heterocycles. The number of rotatable bonds is 4. The number of hydrogen-bond acceptors (Lipinski definition) is 4. The summed E-state index contributed by atoms with van der Waals surface area (Å²) in [6.07, 6.45) is 0.955. The average Bonchev–Trinajstić information content (AvgIpc) is 2.96. The van der Waals surface area contributed by atoms with Crippen LogP contribution in [0.4, 0.5) is 5.69 Å². The second-order valence-corrected chi connectivity index (χ2v) is 6.05. The van der Waals surface area contributed by atoms with Gasteiger partial charge in [0.25, 0.3) is 0 Å². The summed E-state index contributed by atoms with van der Waals surface area (Å²) in [5.74, 6) is -0.0692. The zero-order chi connectivity index (χ0) is 18.0. The Bertz CT molecular complexity index is 980. The first-order valence-electron chi connectivity index (χ1n) is 8.10. The van der Waals surface area contributed by atoms with Crippen LogP contribution in [0.5, 0.6) is 0 Å². The SMILES string of the molecule is Cc1cc2nc(C)c(CCC(=O)Nc3ccc(C#N)cc3)c(C)n2n1. The lowest BCUT2D eigenvalue weighted by atomic mass is 10.1. The molecule has 25 heavy (non-hydrogen) atoms. The Morgan fingerprint density at radius 1 is 1.24 bits per heavy atom. The van der Waals surface area contributed by atoms with E-state index in [0.29, 0.717) is 24.1 Å². The highest BCUT2D eigenvalue weighted by atomic mass is 16.1. The molecule has 0 fully saturated rings. The number of nitrogens with one attached hydrogen (secondary N) is 1. The molecule has 0 saturated carbocycles. The summed E-state index contributed by atoms with van der Waals surface area (Å²) in [5.41, 5.74) is 6.00. The van der Waals surface area contributed by atoms with Gasteiger partial charge in [0.2, 0.25) is 5.91 Å². The molecule has 0 aliphatic rings. The van der Waals surface area contributed by atoms with Gasteiger partial charge in [0.1, 0.15) is 0 Å². The highest BCUT2D eigenvalue weighted by Gasteiger charge is 2.13. The van der Waals surface area contributed by atoms with Crippen molar-refractivity contribution in [1.29, 1.82) is 5.26 Å². The van der Waals surface area contributed by atoms with E-state index in [1.165, 1.54) is 0 Å². The zero-order valence-electron chi connectivity index (χ0n) is 14.5. The van der Waals surface area contributed by atoms with Crippen molar-refractivity contribution < 1.29 is 4.79 Å². The van der Waals surface area contributed by atoms with Gasteiger partial charge in [0.05, 0.1) is 17.3 Å². The van der Waals surface area contributed by atoms with E-state index in [1.807, 2.05) is 31.4 Å². The van der Waals surface area contributed by atoms with E-state index < -0.39 is 0 Å². The predicted octanol–water partition coefficient (Wildman–Crippen LogP) is 3.10. The second kappa shape index (κ2) is 6.73. The van der Waals surface area contributed by atoms with Crippen LogP contribution in [0.1, 0.15) is 34.6 Å². The van der Waals surface area contributed by atoms with Crippen molar-refractivity contribution in [3.63, 3.8) is 0 Å². The Balaban J connectivity index is 1.71. The van der Waals surface area contributed by atoms with E-state index in [0.717, 1.165) is 28.3 Å². The molecule has 0 aliphatic carbocycles. The summed E-state index contributed by atoms with van der Waals surface area (Å²) in [6.45, 7) is 5.90. The van der Waals surface area contributed by atoms with E-state index in [4.69, 9.17) is 5.26 Å². The fourth-order valence-corrected chi connectivity index (χ4v) is 2.89. The highest BCUT2D eigenvalue weighted by Crippen LogP contribution is 2.17. The van der Waals surface area contributed by atoms with Gasteiger partial charge < -0.3 is 5.32 Å². The highest BCUT2D eigenvalue weighted by molar-refractivity contribution is 5.90. The molecular weight excluding hydrogens is 314 g/mol. The van der Waals surface area contributed by atoms with Crippen LogP contribution in [0, 0.1) is 32.1 Å². The molecule has 1 amide bonds. The minimum Gasteiger partial charge on any atom is -0.326 e. The Morgan fingerprint density at radius 3 is 2.64 bits per heavy atom. The monoisotopic (exact) mass is 333 g/mol. The molecule has 2 aromatic heterocycles. The lowest BCUT2D eigenvalue weighted by Crippen LogP contribution is -2.14. The maximum Gasteiger partial charge on any atom is 0.224 e. The maximum atomic E-state index is 12.2. The number of benzene rings is 1. The minimum absolute atomic E-state index is 0.0692. The molecule has 2 heterocycles. The van der Waals surface area contributed by atoms with Gasteiger partial charge >= 0.3 is 0 Å². The Kier molecular flexibility index (Phi) is 4.48. The summed E-state index contributed by atoms with van der Waals surface area (Å²) < 4.78 is 1.83. The van der Waals surface area contributed by atoms with Gasteiger partial charge in [-0.15, -0.1) is 0 Å². The first-order valence-corrected chi connectivity index (χ1v) is 8.10. The summed E-state index contributed by atoms with van der Waals surface area (Å²) in [5, 5.41) is 16.1. The fourth-order valence-electron chi connectivity index (χ4n) is 2.89. The van der Waals surface area contributed by atoms with E-state index in [-0.39, 0.29) is 5.91 Å². The number of hydrogen-bond donors (Lipinski definition) is 1. The van der Waals surface area contributed by atoms with Gasteiger partial charge in [-0.3, -0.25) is 4.79 Å². The van der Waals surface area contributed by atoms with E-state index in [2.05, 4.69) is 21.5 Å². The van der Waals surface area contributed by atoms with Crippen LogP contribution in [0.2, 0.25) is 0 Å². The number of carbonyl (C=O) groups excluding carboxylic acids is 1. The predicted molar refractivity (Wildman–Crippen MR) is 95.3 cm³/mol.